The van der Waals surface area contributed by atoms with Crippen molar-refractivity contribution in [2.45, 2.75) is 19.3 Å². The van der Waals surface area contributed by atoms with Crippen LogP contribution in [0.3, 0.4) is 0 Å². The molecule has 0 saturated carbocycles. The zero-order chi connectivity index (χ0) is 38.1. The van der Waals surface area contributed by atoms with Gasteiger partial charge in [0.1, 0.15) is 0 Å². The fourth-order valence-corrected chi connectivity index (χ4v) is 10.7. The zero-order valence-corrected chi connectivity index (χ0v) is 32.7. The molecule has 270 valence electrons. The lowest BCUT2D eigenvalue weighted by Crippen LogP contribution is -2.16. The van der Waals surface area contributed by atoms with Crippen molar-refractivity contribution in [3.63, 3.8) is 0 Å². The maximum absolute atomic E-state index is 2.54. The van der Waals surface area contributed by atoms with Crippen LogP contribution < -0.4 is 4.90 Å². The van der Waals surface area contributed by atoms with Gasteiger partial charge in [-0.3, -0.25) is 0 Å². The van der Waals surface area contributed by atoms with Crippen molar-refractivity contribution in [2.75, 3.05) is 4.90 Å². The van der Waals surface area contributed by atoms with Gasteiger partial charge in [0.2, 0.25) is 0 Å². The number of hydrogen-bond donors (Lipinski definition) is 0. The minimum absolute atomic E-state index is 0.125. The molecule has 1 aliphatic rings. The van der Waals surface area contributed by atoms with Gasteiger partial charge in [0, 0.05) is 36.8 Å². The SMILES string of the molecule is CC1(C)c2ccccc2-c2c(N(c3ccc(-c4ccc5ccccc5c4)cc3)c3ccc(-c4ccccc4)c4sc5c(-c6ccccc6)cccc5c34)cccc21. The fraction of sp³-hybridized carbons (Fsp3) is 0.0545. The topological polar surface area (TPSA) is 3.24 Å². The van der Waals surface area contributed by atoms with Gasteiger partial charge >= 0.3 is 0 Å². The van der Waals surface area contributed by atoms with Crippen molar-refractivity contribution >= 4 is 59.3 Å². The molecule has 2 heteroatoms. The average Bonchev–Trinajstić information content (AvgIpc) is 3.78. The monoisotopic (exact) mass is 745 g/mol. The van der Waals surface area contributed by atoms with E-state index in [-0.39, 0.29) is 5.41 Å². The molecule has 1 aromatic heterocycles. The van der Waals surface area contributed by atoms with Crippen LogP contribution in [0.15, 0.2) is 200 Å². The fourth-order valence-electron chi connectivity index (χ4n) is 9.26. The highest BCUT2D eigenvalue weighted by Crippen LogP contribution is 2.56. The number of benzene rings is 9. The van der Waals surface area contributed by atoms with Crippen LogP contribution in [0.5, 0.6) is 0 Å². The molecule has 1 heterocycles. The number of nitrogens with zero attached hydrogens (tertiary/aromatic N) is 1. The minimum Gasteiger partial charge on any atom is -0.309 e. The summed E-state index contributed by atoms with van der Waals surface area (Å²) in [6.45, 7) is 4.74. The van der Waals surface area contributed by atoms with E-state index in [2.05, 4.69) is 219 Å². The summed E-state index contributed by atoms with van der Waals surface area (Å²) in [5, 5.41) is 5.06. The Morgan fingerprint density at radius 1 is 0.404 bits per heavy atom. The average molecular weight is 746 g/mol. The van der Waals surface area contributed by atoms with Crippen molar-refractivity contribution in [1.82, 2.24) is 0 Å². The van der Waals surface area contributed by atoms with E-state index < -0.39 is 0 Å². The molecule has 0 bridgehead atoms. The van der Waals surface area contributed by atoms with Crippen LogP contribution in [0.25, 0.3) is 75.5 Å². The molecule has 1 nitrogen and oxygen atoms in total. The first-order valence-corrected chi connectivity index (χ1v) is 20.6. The first-order valence-electron chi connectivity index (χ1n) is 19.8. The third kappa shape index (κ3) is 5.36. The molecule has 57 heavy (non-hydrogen) atoms. The van der Waals surface area contributed by atoms with Crippen molar-refractivity contribution in [2.24, 2.45) is 0 Å². The van der Waals surface area contributed by atoms with Crippen LogP contribution in [0.1, 0.15) is 25.0 Å². The predicted octanol–water partition coefficient (Wildman–Crippen LogP) is 16.0. The third-order valence-corrected chi connectivity index (χ3v) is 13.3. The number of fused-ring (bicyclic) bond motifs is 7. The summed E-state index contributed by atoms with van der Waals surface area (Å²) in [5.41, 5.74) is 16.1. The molecule has 0 aliphatic heterocycles. The van der Waals surface area contributed by atoms with E-state index in [1.807, 2.05) is 11.3 Å². The molecule has 0 unspecified atom stereocenters. The van der Waals surface area contributed by atoms with Gasteiger partial charge < -0.3 is 4.90 Å². The molecular weight excluding hydrogens is 707 g/mol. The van der Waals surface area contributed by atoms with Crippen LogP contribution in [-0.4, -0.2) is 0 Å². The summed E-state index contributed by atoms with van der Waals surface area (Å²) in [5.74, 6) is 0. The number of anilines is 3. The van der Waals surface area contributed by atoms with Crippen LogP contribution in [-0.2, 0) is 5.41 Å². The Morgan fingerprint density at radius 2 is 1.02 bits per heavy atom. The van der Waals surface area contributed by atoms with Gasteiger partial charge in [-0.25, -0.2) is 0 Å². The quantitative estimate of drug-likeness (QED) is 0.164. The van der Waals surface area contributed by atoms with Crippen LogP contribution in [0.2, 0.25) is 0 Å². The maximum Gasteiger partial charge on any atom is 0.0555 e. The van der Waals surface area contributed by atoms with Crippen LogP contribution in [0, 0.1) is 0 Å². The summed E-state index contributed by atoms with van der Waals surface area (Å²) < 4.78 is 2.60. The molecule has 1 aliphatic carbocycles. The smallest absolute Gasteiger partial charge is 0.0555 e. The molecule has 9 aromatic carbocycles. The number of hydrogen-bond acceptors (Lipinski definition) is 2. The maximum atomic E-state index is 2.54. The molecule has 0 atom stereocenters. The number of thiophene rings is 1. The van der Waals surface area contributed by atoms with E-state index in [1.165, 1.54) is 98.0 Å². The van der Waals surface area contributed by atoms with Gasteiger partial charge in [-0.2, -0.15) is 0 Å². The Kier molecular flexibility index (Phi) is 7.77. The highest BCUT2D eigenvalue weighted by molar-refractivity contribution is 7.27. The highest BCUT2D eigenvalue weighted by Gasteiger charge is 2.38. The molecule has 0 fully saturated rings. The van der Waals surface area contributed by atoms with Gasteiger partial charge in [0.05, 0.1) is 11.4 Å². The van der Waals surface area contributed by atoms with Crippen molar-refractivity contribution < 1.29 is 0 Å². The van der Waals surface area contributed by atoms with Crippen molar-refractivity contribution in [3.05, 3.63) is 211 Å². The van der Waals surface area contributed by atoms with E-state index >= 15 is 0 Å². The van der Waals surface area contributed by atoms with E-state index in [9.17, 15) is 0 Å². The largest absolute Gasteiger partial charge is 0.309 e. The summed E-state index contributed by atoms with van der Waals surface area (Å²) in [7, 11) is 0. The summed E-state index contributed by atoms with van der Waals surface area (Å²) in [6, 6.07) is 73.8. The first kappa shape index (κ1) is 33.6. The molecular formula is C55H39NS. The Balaban J connectivity index is 1.20. The summed E-state index contributed by atoms with van der Waals surface area (Å²) >= 11 is 1.91. The Hall–Kier alpha value is -6.74. The molecule has 0 saturated heterocycles. The Bertz CT molecular complexity index is 3140. The second-order valence-corrected chi connectivity index (χ2v) is 16.7. The lowest BCUT2D eigenvalue weighted by atomic mass is 9.82. The Labute approximate surface area is 337 Å². The lowest BCUT2D eigenvalue weighted by Gasteiger charge is -2.30. The van der Waals surface area contributed by atoms with Crippen LogP contribution >= 0.6 is 11.3 Å². The lowest BCUT2D eigenvalue weighted by molar-refractivity contribution is 0.660. The standard InChI is InChI=1S/C55H39NS/c1-55(2)47-24-12-11-21-45(47)51-48(55)25-14-26-49(51)56(42-31-29-37(30-32-42)41-28-27-36-15-9-10-20-40(36)35-41)50-34-33-44(39-18-7-4-8-19-39)54-52(50)46-23-13-22-43(53(46)57-54)38-16-5-3-6-17-38/h3-35H,1-2H3. The minimum atomic E-state index is -0.125. The highest BCUT2D eigenvalue weighted by atomic mass is 32.1. The molecule has 0 amide bonds. The molecule has 0 N–H and O–H groups in total. The number of rotatable bonds is 6. The molecule has 11 rings (SSSR count). The van der Waals surface area contributed by atoms with Gasteiger partial charge in [-0.15, -0.1) is 11.3 Å². The van der Waals surface area contributed by atoms with Gasteiger partial charge in [0.15, 0.2) is 0 Å². The predicted molar refractivity (Wildman–Crippen MR) is 245 cm³/mol. The molecule has 0 spiro atoms. The Morgan fingerprint density at radius 3 is 1.79 bits per heavy atom. The first-order chi connectivity index (χ1) is 28.0. The van der Waals surface area contributed by atoms with E-state index in [0.717, 1.165) is 5.69 Å². The van der Waals surface area contributed by atoms with E-state index in [0.29, 0.717) is 0 Å². The van der Waals surface area contributed by atoms with Gasteiger partial charge in [0.25, 0.3) is 0 Å². The second-order valence-electron chi connectivity index (χ2n) is 15.7. The van der Waals surface area contributed by atoms with Crippen molar-refractivity contribution in [1.29, 1.82) is 0 Å². The van der Waals surface area contributed by atoms with E-state index in [1.54, 1.807) is 0 Å². The molecule has 0 radical (unpaired) electrons. The van der Waals surface area contributed by atoms with E-state index in [4.69, 9.17) is 0 Å². The van der Waals surface area contributed by atoms with Crippen LogP contribution in [0.4, 0.5) is 17.1 Å². The summed E-state index contributed by atoms with van der Waals surface area (Å²) in [6.07, 6.45) is 0. The second kappa shape index (κ2) is 13.2. The summed E-state index contributed by atoms with van der Waals surface area (Å²) in [4.78, 5) is 2.54. The van der Waals surface area contributed by atoms with Gasteiger partial charge in [-0.1, -0.05) is 184 Å². The van der Waals surface area contributed by atoms with Crippen molar-refractivity contribution in [3.8, 4) is 44.5 Å². The normalized spacial score (nSPS) is 12.9. The third-order valence-electron chi connectivity index (χ3n) is 12.1. The zero-order valence-electron chi connectivity index (χ0n) is 31.9. The molecule has 10 aromatic rings. The van der Waals surface area contributed by atoms with Gasteiger partial charge in [-0.05, 0) is 91.2 Å².